The van der Waals surface area contributed by atoms with Crippen LogP contribution in [0, 0.1) is 17.3 Å². The van der Waals surface area contributed by atoms with Crippen LogP contribution in [0.25, 0.3) is 0 Å². The van der Waals surface area contributed by atoms with Crippen molar-refractivity contribution in [1.29, 1.82) is 0 Å². The second kappa shape index (κ2) is 4.66. The first-order valence-corrected chi connectivity index (χ1v) is 7.20. The van der Waals surface area contributed by atoms with Crippen molar-refractivity contribution in [3.8, 4) is 0 Å². The molecule has 3 fully saturated rings. The molecule has 1 N–H and O–H groups in total. The van der Waals surface area contributed by atoms with Gasteiger partial charge in [0.1, 0.15) is 0 Å². The second-order valence-electron chi connectivity index (χ2n) is 6.09. The Labute approximate surface area is 99.1 Å². The molecule has 16 heavy (non-hydrogen) atoms. The minimum atomic E-state index is 0.600. The van der Waals surface area contributed by atoms with Crippen LogP contribution in [-0.4, -0.2) is 26.3 Å². The van der Waals surface area contributed by atoms with Gasteiger partial charge in [-0.2, -0.15) is 0 Å². The third-order valence-electron chi connectivity index (χ3n) is 5.31. The van der Waals surface area contributed by atoms with E-state index in [1.165, 1.54) is 58.0 Å². The number of hydrogen-bond acceptors (Lipinski definition) is 2. The highest BCUT2D eigenvalue weighted by Crippen LogP contribution is 2.51. The zero-order valence-electron chi connectivity index (χ0n) is 10.3. The molecule has 2 aliphatic heterocycles. The Morgan fingerprint density at radius 2 is 1.44 bits per heavy atom. The maximum Gasteiger partial charge on any atom is 0.0550 e. The molecule has 0 radical (unpaired) electrons. The normalized spacial score (nSPS) is 32.2. The van der Waals surface area contributed by atoms with Gasteiger partial charge < -0.3 is 10.1 Å². The Morgan fingerprint density at radius 3 is 2.00 bits per heavy atom. The van der Waals surface area contributed by atoms with Gasteiger partial charge in [-0.15, -0.1) is 0 Å². The predicted molar refractivity (Wildman–Crippen MR) is 65.4 cm³/mol. The third kappa shape index (κ3) is 1.80. The number of hydrogen-bond donors (Lipinski definition) is 1. The van der Waals surface area contributed by atoms with Crippen molar-refractivity contribution in [2.75, 3.05) is 26.3 Å². The fourth-order valence-corrected chi connectivity index (χ4v) is 4.22. The van der Waals surface area contributed by atoms with Gasteiger partial charge in [0.05, 0.1) is 13.2 Å². The van der Waals surface area contributed by atoms with Crippen LogP contribution in [0.2, 0.25) is 0 Å². The molecule has 0 unspecified atom stereocenters. The van der Waals surface area contributed by atoms with Gasteiger partial charge in [-0.25, -0.2) is 0 Å². The van der Waals surface area contributed by atoms with Crippen LogP contribution in [0.5, 0.6) is 0 Å². The number of ether oxygens (including phenoxy) is 1. The van der Waals surface area contributed by atoms with Crippen molar-refractivity contribution in [3.63, 3.8) is 0 Å². The topological polar surface area (TPSA) is 21.3 Å². The molecule has 0 aromatic heterocycles. The summed E-state index contributed by atoms with van der Waals surface area (Å²) in [5.41, 5.74) is 0.600. The summed E-state index contributed by atoms with van der Waals surface area (Å²) in [4.78, 5) is 0. The van der Waals surface area contributed by atoms with Gasteiger partial charge in [-0.05, 0) is 50.6 Å². The molecule has 0 spiro atoms. The van der Waals surface area contributed by atoms with E-state index >= 15 is 0 Å². The Hall–Kier alpha value is -0.0800. The average Bonchev–Trinajstić information content (AvgIpc) is 2.31. The summed E-state index contributed by atoms with van der Waals surface area (Å²) in [6, 6.07) is 0. The first-order chi connectivity index (χ1) is 7.92. The molecule has 0 amide bonds. The monoisotopic (exact) mass is 223 g/mol. The van der Waals surface area contributed by atoms with Crippen molar-refractivity contribution in [2.45, 2.75) is 44.9 Å². The van der Waals surface area contributed by atoms with Crippen LogP contribution in [0.4, 0.5) is 0 Å². The second-order valence-corrected chi connectivity index (χ2v) is 6.09. The lowest BCUT2D eigenvalue weighted by Gasteiger charge is -2.54. The minimum absolute atomic E-state index is 0.600. The molecule has 0 bridgehead atoms. The first kappa shape index (κ1) is 11.0. The molecular formula is C14H25NO. The lowest BCUT2D eigenvalue weighted by molar-refractivity contribution is -0.189. The quantitative estimate of drug-likeness (QED) is 0.777. The Morgan fingerprint density at radius 1 is 0.812 bits per heavy atom. The van der Waals surface area contributed by atoms with Crippen LogP contribution in [0.1, 0.15) is 44.9 Å². The molecule has 92 valence electrons. The standard InChI is InChI=1S/C14H25NO/c1-2-4-12(5-3-1)14(10-16-11-14)13-6-8-15-9-7-13/h12-13,15H,1-11H2. The predicted octanol–water partition coefficient (Wildman–Crippen LogP) is 2.58. The number of nitrogens with one attached hydrogen (secondary N) is 1. The molecule has 1 aliphatic carbocycles. The summed E-state index contributed by atoms with van der Waals surface area (Å²) in [5, 5.41) is 3.50. The highest BCUT2D eigenvalue weighted by molar-refractivity contribution is 4.99. The van der Waals surface area contributed by atoms with Gasteiger partial charge in [-0.1, -0.05) is 19.3 Å². The maximum atomic E-state index is 5.62. The molecule has 3 rings (SSSR count). The smallest absolute Gasteiger partial charge is 0.0550 e. The van der Waals surface area contributed by atoms with Gasteiger partial charge in [-0.3, -0.25) is 0 Å². The van der Waals surface area contributed by atoms with Crippen LogP contribution in [0.3, 0.4) is 0 Å². The molecule has 2 saturated heterocycles. The molecule has 0 atom stereocenters. The van der Waals surface area contributed by atoms with Gasteiger partial charge in [0.25, 0.3) is 0 Å². The third-order valence-corrected chi connectivity index (χ3v) is 5.31. The van der Waals surface area contributed by atoms with Crippen molar-refractivity contribution >= 4 is 0 Å². The van der Waals surface area contributed by atoms with Crippen molar-refractivity contribution in [2.24, 2.45) is 17.3 Å². The SMILES string of the molecule is C1CCC(C2(C3CCNCC3)COC2)CC1. The molecule has 0 aromatic rings. The van der Waals surface area contributed by atoms with E-state index in [9.17, 15) is 0 Å². The van der Waals surface area contributed by atoms with Crippen LogP contribution >= 0.6 is 0 Å². The Kier molecular flexibility index (Phi) is 3.21. The van der Waals surface area contributed by atoms with Crippen LogP contribution < -0.4 is 5.32 Å². The summed E-state index contributed by atoms with van der Waals surface area (Å²) >= 11 is 0. The van der Waals surface area contributed by atoms with E-state index in [0.717, 1.165) is 25.0 Å². The zero-order valence-corrected chi connectivity index (χ0v) is 10.3. The van der Waals surface area contributed by atoms with Crippen molar-refractivity contribution < 1.29 is 4.74 Å². The summed E-state index contributed by atoms with van der Waals surface area (Å²) in [6.45, 7) is 4.61. The maximum absolute atomic E-state index is 5.62. The van der Waals surface area contributed by atoms with E-state index in [1.807, 2.05) is 0 Å². The zero-order chi connectivity index (χ0) is 10.8. The van der Waals surface area contributed by atoms with Gasteiger partial charge in [0.2, 0.25) is 0 Å². The fourth-order valence-electron chi connectivity index (χ4n) is 4.22. The molecular weight excluding hydrogens is 198 g/mol. The minimum Gasteiger partial charge on any atom is -0.380 e. The van der Waals surface area contributed by atoms with Crippen LogP contribution in [-0.2, 0) is 4.74 Å². The van der Waals surface area contributed by atoms with E-state index < -0.39 is 0 Å². The lowest BCUT2D eigenvalue weighted by atomic mass is 9.59. The van der Waals surface area contributed by atoms with E-state index in [4.69, 9.17) is 4.74 Å². The van der Waals surface area contributed by atoms with E-state index in [2.05, 4.69) is 5.32 Å². The van der Waals surface area contributed by atoms with Gasteiger partial charge >= 0.3 is 0 Å². The summed E-state index contributed by atoms with van der Waals surface area (Å²) in [5.74, 6) is 1.93. The first-order valence-electron chi connectivity index (χ1n) is 7.20. The molecule has 1 saturated carbocycles. The average molecular weight is 223 g/mol. The number of piperidine rings is 1. The molecule has 2 nitrogen and oxygen atoms in total. The Bertz CT molecular complexity index is 205. The van der Waals surface area contributed by atoms with E-state index in [-0.39, 0.29) is 0 Å². The fraction of sp³-hybridized carbons (Fsp3) is 1.00. The van der Waals surface area contributed by atoms with Gasteiger partial charge in [0.15, 0.2) is 0 Å². The molecule has 2 heterocycles. The number of rotatable bonds is 2. The summed E-state index contributed by atoms with van der Waals surface area (Å²) in [7, 11) is 0. The molecule has 2 heteroatoms. The molecule has 0 aromatic carbocycles. The Balaban J connectivity index is 1.70. The lowest BCUT2D eigenvalue weighted by Crippen LogP contribution is -2.56. The highest BCUT2D eigenvalue weighted by atomic mass is 16.5. The summed E-state index contributed by atoms with van der Waals surface area (Å²) < 4.78 is 5.62. The highest BCUT2D eigenvalue weighted by Gasteiger charge is 2.50. The van der Waals surface area contributed by atoms with Gasteiger partial charge in [0, 0.05) is 5.41 Å². The largest absolute Gasteiger partial charge is 0.380 e. The van der Waals surface area contributed by atoms with Crippen molar-refractivity contribution in [3.05, 3.63) is 0 Å². The summed E-state index contributed by atoms with van der Waals surface area (Å²) in [6.07, 6.45) is 10.1. The van der Waals surface area contributed by atoms with E-state index in [1.54, 1.807) is 0 Å². The van der Waals surface area contributed by atoms with Crippen LogP contribution in [0.15, 0.2) is 0 Å². The van der Waals surface area contributed by atoms with E-state index in [0.29, 0.717) is 5.41 Å². The molecule has 3 aliphatic rings. The van der Waals surface area contributed by atoms with Crippen molar-refractivity contribution in [1.82, 2.24) is 5.32 Å².